The zero-order chi connectivity index (χ0) is 15.1. The van der Waals surface area contributed by atoms with Crippen LogP contribution < -0.4 is 11.1 Å². The third kappa shape index (κ3) is 4.87. The van der Waals surface area contributed by atoms with E-state index in [1.54, 1.807) is 25.1 Å². The second-order valence-corrected chi connectivity index (χ2v) is 4.14. The Labute approximate surface area is 116 Å². The number of amides is 2. The maximum absolute atomic E-state index is 11.2. The fourth-order valence-electron chi connectivity index (χ4n) is 1.67. The van der Waals surface area contributed by atoms with Crippen molar-refractivity contribution in [2.45, 2.75) is 25.6 Å². The van der Waals surface area contributed by atoms with Crippen molar-refractivity contribution in [3.05, 3.63) is 29.8 Å². The second-order valence-electron chi connectivity index (χ2n) is 4.14. The van der Waals surface area contributed by atoms with Crippen molar-refractivity contribution in [3.8, 4) is 0 Å². The van der Waals surface area contributed by atoms with Crippen LogP contribution in [0.1, 0.15) is 25.0 Å². The van der Waals surface area contributed by atoms with Crippen LogP contribution in [0.5, 0.6) is 0 Å². The van der Waals surface area contributed by atoms with E-state index < -0.39 is 24.2 Å². The lowest BCUT2D eigenvalue weighted by molar-refractivity contribution is -0.147. The Morgan fingerprint density at radius 2 is 2.10 bits per heavy atom. The van der Waals surface area contributed by atoms with Gasteiger partial charge in [0.2, 0.25) is 0 Å². The van der Waals surface area contributed by atoms with Crippen molar-refractivity contribution >= 4 is 17.7 Å². The first kappa shape index (κ1) is 15.9. The molecule has 2 unspecified atom stereocenters. The Bertz CT molecular complexity index is 478. The molecule has 0 spiro atoms. The van der Waals surface area contributed by atoms with Gasteiger partial charge in [-0.25, -0.2) is 4.79 Å². The lowest BCUT2D eigenvalue weighted by atomic mass is 10.0. The van der Waals surface area contributed by atoms with E-state index in [-0.39, 0.29) is 13.0 Å². The van der Waals surface area contributed by atoms with E-state index in [2.05, 4.69) is 5.32 Å². The molecule has 2 atom stereocenters. The molecule has 1 aromatic carbocycles. The van der Waals surface area contributed by atoms with Gasteiger partial charge in [0.1, 0.15) is 6.10 Å². The number of nitrogens with two attached hydrogens (primary N) is 1. The van der Waals surface area contributed by atoms with E-state index in [9.17, 15) is 19.8 Å². The van der Waals surface area contributed by atoms with Gasteiger partial charge in [0.05, 0.1) is 19.1 Å². The number of nitrogens with one attached hydrogen (secondary N) is 1. The van der Waals surface area contributed by atoms with Crippen LogP contribution in [-0.2, 0) is 9.53 Å². The molecule has 5 N–H and O–H groups in total. The predicted octanol–water partition coefficient (Wildman–Crippen LogP) is 0.525. The highest BCUT2D eigenvalue weighted by Crippen LogP contribution is 2.22. The van der Waals surface area contributed by atoms with Crippen molar-refractivity contribution < 1.29 is 24.5 Å². The van der Waals surface area contributed by atoms with Gasteiger partial charge < -0.3 is 26.0 Å². The third-order valence-electron chi connectivity index (χ3n) is 2.54. The summed E-state index contributed by atoms with van der Waals surface area (Å²) in [4.78, 5) is 22.0. The number of primary amides is 1. The Kier molecular flexibility index (Phi) is 5.95. The average molecular weight is 282 g/mol. The Balaban J connectivity index is 2.73. The highest BCUT2D eigenvalue weighted by molar-refractivity contribution is 5.87. The van der Waals surface area contributed by atoms with E-state index in [0.29, 0.717) is 11.3 Å². The van der Waals surface area contributed by atoms with E-state index in [1.165, 1.54) is 6.07 Å². The first-order valence-corrected chi connectivity index (χ1v) is 6.12. The number of aliphatic hydroxyl groups is 2. The highest BCUT2D eigenvalue weighted by atomic mass is 16.5. The lowest BCUT2D eigenvalue weighted by Gasteiger charge is -2.18. The highest BCUT2D eigenvalue weighted by Gasteiger charge is 2.22. The van der Waals surface area contributed by atoms with Crippen molar-refractivity contribution in [3.63, 3.8) is 0 Å². The summed E-state index contributed by atoms with van der Waals surface area (Å²) in [6.07, 6.45) is -2.88. The van der Waals surface area contributed by atoms with Crippen molar-refractivity contribution in [1.29, 1.82) is 0 Å². The predicted molar refractivity (Wildman–Crippen MR) is 71.9 cm³/mol. The summed E-state index contributed by atoms with van der Waals surface area (Å²) in [5.74, 6) is -0.592. The fraction of sp³-hybridized carbons (Fsp3) is 0.385. The van der Waals surface area contributed by atoms with Crippen molar-refractivity contribution in [1.82, 2.24) is 0 Å². The molecule has 0 heterocycles. The Hall–Kier alpha value is -2.12. The number of benzene rings is 1. The molecule has 0 saturated heterocycles. The van der Waals surface area contributed by atoms with Crippen LogP contribution >= 0.6 is 0 Å². The maximum atomic E-state index is 11.2. The minimum atomic E-state index is -1.29. The number of hydrogen-bond donors (Lipinski definition) is 4. The summed E-state index contributed by atoms with van der Waals surface area (Å²) in [6, 6.07) is 5.46. The van der Waals surface area contributed by atoms with E-state index >= 15 is 0 Å². The van der Waals surface area contributed by atoms with Gasteiger partial charge in [-0.3, -0.25) is 4.79 Å². The van der Waals surface area contributed by atoms with Gasteiger partial charge in [0.15, 0.2) is 0 Å². The number of hydrogen-bond acceptors (Lipinski definition) is 5. The molecule has 7 heteroatoms. The standard InChI is InChI=1S/C13H18N2O5/c1-2-20-11(17)7-10(16)12(18)8-4-3-5-9(6-8)15-13(14)19/h3-6,10,12,16,18H,2,7H2,1H3,(H3,14,15,19). The number of ether oxygens (including phenoxy) is 1. The molecular weight excluding hydrogens is 264 g/mol. The molecule has 0 saturated carbocycles. The topological polar surface area (TPSA) is 122 Å². The van der Waals surface area contributed by atoms with Crippen LogP contribution in [0.2, 0.25) is 0 Å². The van der Waals surface area contributed by atoms with E-state index in [4.69, 9.17) is 10.5 Å². The maximum Gasteiger partial charge on any atom is 0.316 e. The largest absolute Gasteiger partial charge is 0.466 e. The van der Waals surface area contributed by atoms with Crippen molar-refractivity contribution in [2.75, 3.05) is 11.9 Å². The van der Waals surface area contributed by atoms with Crippen LogP contribution in [0, 0.1) is 0 Å². The fourth-order valence-corrected chi connectivity index (χ4v) is 1.67. The molecule has 110 valence electrons. The van der Waals surface area contributed by atoms with Crippen LogP contribution in [-0.4, -0.2) is 34.9 Å². The Morgan fingerprint density at radius 3 is 2.70 bits per heavy atom. The molecule has 0 aliphatic heterocycles. The van der Waals surface area contributed by atoms with Gasteiger partial charge in [0.25, 0.3) is 0 Å². The van der Waals surface area contributed by atoms with Gasteiger partial charge in [-0.2, -0.15) is 0 Å². The van der Waals surface area contributed by atoms with Crippen LogP contribution in [0.3, 0.4) is 0 Å². The van der Waals surface area contributed by atoms with Gasteiger partial charge in [-0.05, 0) is 24.6 Å². The second kappa shape index (κ2) is 7.46. The molecule has 0 bridgehead atoms. The molecular formula is C13H18N2O5. The number of anilines is 1. The third-order valence-corrected chi connectivity index (χ3v) is 2.54. The summed E-state index contributed by atoms with van der Waals surface area (Å²) in [6.45, 7) is 1.86. The molecule has 1 aromatic rings. The quantitative estimate of drug-likeness (QED) is 0.567. The average Bonchev–Trinajstić information content (AvgIpc) is 2.37. The summed E-state index contributed by atoms with van der Waals surface area (Å²) < 4.78 is 4.69. The van der Waals surface area contributed by atoms with E-state index in [0.717, 1.165) is 0 Å². The lowest BCUT2D eigenvalue weighted by Crippen LogP contribution is -2.23. The van der Waals surface area contributed by atoms with E-state index in [1.807, 2.05) is 0 Å². The minimum Gasteiger partial charge on any atom is -0.466 e. The zero-order valence-electron chi connectivity index (χ0n) is 11.1. The SMILES string of the molecule is CCOC(=O)CC(O)C(O)c1cccc(NC(N)=O)c1. The summed E-state index contributed by atoms with van der Waals surface area (Å²) >= 11 is 0. The number of rotatable bonds is 6. The first-order valence-electron chi connectivity index (χ1n) is 6.12. The van der Waals surface area contributed by atoms with Crippen LogP contribution in [0.25, 0.3) is 0 Å². The molecule has 20 heavy (non-hydrogen) atoms. The van der Waals surface area contributed by atoms with Gasteiger partial charge in [-0.15, -0.1) is 0 Å². The minimum absolute atomic E-state index is 0.208. The molecule has 7 nitrogen and oxygen atoms in total. The van der Waals surface area contributed by atoms with Gasteiger partial charge in [-0.1, -0.05) is 12.1 Å². The van der Waals surface area contributed by atoms with Gasteiger partial charge >= 0.3 is 12.0 Å². The molecule has 0 fully saturated rings. The van der Waals surface area contributed by atoms with Crippen molar-refractivity contribution in [2.24, 2.45) is 5.73 Å². The summed E-state index contributed by atoms with van der Waals surface area (Å²) in [5, 5.41) is 22.1. The molecule has 0 aliphatic carbocycles. The molecule has 0 aromatic heterocycles. The number of urea groups is 1. The molecule has 2 amide bonds. The summed E-state index contributed by atoms with van der Waals surface area (Å²) in [7, 11) is 0. The number of esters is 1. The smallest absolute Gasteiger partial charge is 0.316 e. The number of carbonyl (C=O) groups is 2. The monoisotopic (exact) mass is 282 g/mol. The number of aliphatic hydroxyl groups excluding tert-OH is 2. The molecule has 0 radical (unpaired) electrons. The molecule has 1 rings (SSSR count). The Morgan fingerprint density at radius 1 is 1.40 bits per heavy atom. The van der Waals surface area contributed by atoms with Gasteiger partial charge in [0, 0.05) is 5.69 Å². The van der Waals surface area contributed by atoms with Crippen LogP contribution in [0.15, 0.2) is 24.3 Å². The molecule has 0 aliphatic rings. The zero-order valence-corrected chi connectivity index (χ0v) is 11.1. The van der Waals surface area contributed by atoms with Crippen LogP contribution in [0.4, 0.5) is 10.5 Å². The normalized spacial score (nSPS) is 13.3. The first-order chi connectivity index (χ1) is 9.43. The summed E-state index contributed by atoms with van der Waals surface area (Å²) in [5.41, 5.74) is 5.73. The number of carbonyl (C=O) groups excluding carboxylic acids is 2.